The predicted molar refractivity (Wildman–Crippen MR) is 89.4 cm³/mol. The first-order valence-corrected chi connectivity index (χ1v) is 8.71. The molecular weight excluding hydrogens is 307 g/mol. The SMILES string of the molecule is ClCC(CC1CSc2ccccc21)c1cccc(Cl)c1. The van der Waals surface area contributed by atoms with E-state index in [9.17, 15) is 0 Å². The van der Waals surface area contributed by atoms with Gasteiger partial charge in [-0.25, -0.2) is 0 Å². The van der Waals surface area contributed by atoms with Gasteiger partial charge in [0.2, 0.25) is 0 Å². The molecule has 0 saturated carbocycles. The summed E-state index contributed by atoms with van der Waals surface area (Å²) in [6.07, 6.45) is 1.09. The largest absolute Gasteiger partial charge is 0.126 e. The van der Waals surface area contributed by atoms with Gasteiger partial charge in [-0.3, -0.25) is 0 Å². The van der Waals surface area contributed by atoms with Crippen LogP contribution in [-0.4, -0.2) is 11.6 Å². The van der Waals surface area contributed by atoms with Crippen LogP contribution in [0.2, 0.25) is 5.02 Å². The molecule has 0 radical (unpaired) electrons. The Morgan fingerprint density at radius 3 is 2.80 bits per heavy atom. The monoisotopic (exact) mass is 322 g/mol. The zero-order chi connectivity index (χ0) is 13.9. The van der Waals surface area contributed by atoms with Gasteiger partial charge >= 0.3 is 0 Å². The summed E-state index contributed by atoms with van der Waals surface area (Å²) in [5.74, 6) is 2.77. The summed E-state index contributed by atoms with van der Waals surface area (Å²) in [6.45, 7) is 0. The standard InChI is InChI=1S/C17H16Cl2S/c18-10-13(12-4-3-5-15(19)9-12)8-14-11-20-17-7-2-1-6-16(14)17/h1-7,9,13-14H,8,10-11H2. The molecule has 1 aliphatic heterocycles. The van der Waals surface area contributed by atoms with Gasteiger partial charge in [0.15, 0.2) is 0 Å². The summed E-state index contributed by atoms with van der Waals surface area (Å²) in [5.41, 5.74) is 2.73. The van der Waals surface area contributed by atoms with Crippen LogP contribution in [0.3, 0.4) is 0 Å². The van der Waals surface area contributed by atoms with Crippen LogP contribution in [0.15, 0.2) is 53.4 Å². The van der Waals surface area contributed by atoms with Gasteiger partial charge < -0.3 is 0 Å². The fraction of sp³-hybridized carbons (Fsp3) is 0.294. The number of hydrogen-bond acceptors (Lipinski definition) is 1. The van der Waals surface area contributed by atoms with Crippen LogP contribution in [0.5, 0.6) is 0 Å². The molecule has 0 nitrogen and oxygen atoms in total. The minimum Gasteiger partial charge on any atom is -0.126 e. The third kappa shape index (κ3) is 3.00. The van der Waals surface area contributed by atoms with Crippen molar-refractivity contribution in [2.45, 2.75) is 23.2 Å². The van der Waals surface area contributed by atoms with Crippen LogP contribution in [0.25, 0.3) is 0 Å². The van der Waals surface area contributed by atoms with Crippen LogP contribution < -0.4 is 0 Å². The molecule has 2 unspecified atom stereocenters. The molecule has 0 aliphatic carbocycles. The minimum atomic E-state index is 0.368. The van der Waals surface area contributed by atoms with Gasteiger partial charge in [-0.05, 0) is 47.6 Å². The van der Waals surface area contributed by atoms with Crippen molar-refractivity contribution in [3.8, 4) is 0 Å². The van der Waals surface area contributed by atoms with Gasteiger partial charge in [-0.2, -0.15) is 0 Å². The van der Waals surface area contributed by atoms with Gasteiger partial charge in [-0.1, -0.05) is 41.9 Å². The Balaban J connectivity index is 1.80. The van der Waals surface area contributed by atoms with E-state index >= 15 is 0 Å². The highest BCUT2D eigenvalue weighted by molar-refractivity contribution is 7.99. The molecule has 3 rings (SSSR count). The number of alkyl halides is 1. The van der Waals surface area contributed by atoms with Crippen molar-refractivity contribution in [1.29, 1.82) is 0 Å². The highest BCUT2D eigenvalue weighted by atomic mass is 35.5. The molecule has 0 fully saturated rings. The maximum Gasteiger partial charge on any atom is 0.0408 e. The van der Waals surface area contributed by atoms with E-state index in [-0.39, 0.29) is 0 Å². The van der Waals surface area contributed by atoms with Crippen molar-refractivity contribution in [3.63, 3.8) is 0 Å². The molecule has 0 N–H and O–H groups in total. The maximum atomic E-state index is 6.21. The molecule has 0 bridgehead atoms. The van der Waals surface area contributed by atoms with Crippen LogP contribution in [0.4, 0.5) is 0 Å². The molecular formula is C17H16Cl2S. The summed E-state index contributed by atoms with van der Waals surface area (Å²) >= 11 is 14.3. The zero-order valence-corrected chi connectivity index (χ0v) is 13.4. The van der Waals surface area contributed by atoms with Crippen molar-refractivity contribution in [2.75, 3.05) is 11.6 Å². The van der Waals surface area contributed by atoms with Crippen molar-refractivity contribution >= 4 is 35.0 Å². The minimum absolute atomic E-state index is 0.368. The van der Waals surface area contributed by atoms with E-state index in [1.165, 1.54) is 16.0 Å². The van der Waals surface area contributed by atoms with Gasteiger partial charge in [0.1, 0.15) is 0 Å². The fourth-order valence-electron chi connectivity index (χ4n) is 2.82. The molecule has 104 valence electrons. The molecule has 3 heteroatoms. The highest BCUT2D eigenvalue weighted by Crippen LogP contribution is 2.44. The summed E-state index contributed by atoms with van der Waals surface area (Å²) in [6, 6.07) is 16.8. The average Bonchev–Trinajstić information content (AvgIpc) is 2.88. The highest BCUT2D eigenvalue weighted by Gasteiger charge is 2.26. The summed E-state index contributed by atoms with van der Waals surface area (Å²) < 4.78 is 0. The van der Waals surface area contributed by atoms with E-state index < -0.39 is 0 Å². The van der Waals surface area contributed by atoms with Crippen molar-refractivity contribution in [2.24, 2.45) is 0 Å². The molecule has 0 spiro atoms. The van der Waals surface area contributed by atoms with Gasteiger partial charge in [0.25, 0.3) is 0 Å². The quantitative estimate of drug-likeness (QED) is 0.627. The van der Waals surface area contributed by atoms with E-state index in [0.717, 1.165) is 17.2 Å². The summed E-state index contributed by atoms with van der Waals surface area (Å²) in [7, 11) is 0. The molecule has 1 aliphatic rings. The Hall–Kier alpha value is -0.630. The first-order chi connectivity index (χ1) is 9.78. The molecule has 0 amide bonds. The van der Waals surface area contributed by atoms with Crippen LogP contribution >= 0.6 is 35.0 Å². The van der Waals surface area contributed by atoms with E-state index in [1.54, 1.807) is 0 Å². The summed E-state index contributed by atoms with van der Waals surface area (Å²) in [5, 5.41) is 0.791. The first kappa shape index (κ1) is 14.3. The number of thioether (sulfide) groups is 1. The van der Waals surface area contributed by atoms with Crippen LogP contribution in [0, 0.1) is 0 Å². The fourth-order valence-corrected chi connectivity index (χ4v) is 4.59. The predicted octanol–water partition coefficient (Wildman–Crippen LogP) is 5.94. The Labute approximate surface area is 134 Å². The van der Waals surface area contributed by atoms with Crippen LogP contribution in [-0.2, 0) is 0 Å². The molecule has 0 aromatic heterocycles. The molecule has 2 aromatic rings. The number of rotatable bonds is 4. The Morgan fingerprint density at radius 2 is 2.00 bits per heavy atom. The normalized spacial score (nSPS) is 18.8. The summed E-state index contributed by atoms with van der Waals surface area (Å²) in [4.78, 5) is 1.43. The topological polar surface area (TPSA) is 0 Å². The Kier molecular flexibility index (Phi) is 4.60. The third-order valence-corrected chi connectivity index (χ3v) is 5.73. The molecule has 1 heterocycles. The first-order valence-electron chi connectivity index (χ1n) is 6.81. The second-order valence-corrected chi connectivity index (χ2v) is 6.99. The molecule has 0 saturated heterocycles. The third-order valence-electron chi connectivity index (χ3n) is 3.87. The number of halogens is 2. The van der Waals surface area contributed by atoms with Gasteiger partial charge in [-0.15, -0.1) is 23.4 Å². The molecule has 20 heavy (non-hydrogen) atoms. The lowest BCUT2D eigenvalue weighted by Crippen LogP contribution is -2.08. The zero-order valence-electron chi connectivity index (χ0n) is 11.1. The van der Waals surface area contributed by atoms with Gasteiger partial charge in [0, 0.05) is 21.6 Å². The van der Waals surface area contributed by atoms with Gasteiger partial charge in [0.05, 0.1) is 0 Å². The lowest BCUT2D eigenvalue weighted by Gasteiger charge is -2.19. The van der Waals surface area contributed by atoms with Crippen molar-refractivity contribution < 1.29 is 0 Å². The lowest BCUT2D eigenvalue weighted by atomic mass is 9.87. The molecule has 2 aromatic carbocycles. The number of benzene rings is 2. The Bertz CT molecular complexity index is 597. The molecule has 2 atom stereocenters. The second-order valence-electron chi connectivity index (χ2n) is 5.19. The van der Waals surface area contributed by atoms with Crippen LogP contribution in [0.1, 0.15) is 29.4 Å². The lowest BCUT2D eigenvalue weighted by molar-refractivity contribution is 0.604. The maximum absolute atomic E-state index is 6.21. The second kappa shape index (κ2) is 6.43. The van der Waals surface area contributed by atoms with Crippen molar-refractivity contribution in [3.05, 3.63) is 64.7 Å². The van der Waals surface area contributed by atoms with E-state index in [4.69, 9.17) is 23.2 Å². The van der Waals surface area contributed by atoms with E-state index in [0.29, 0.717) is 17.7 Å². The average molecular weight is 323 g/mol. The van der Waals surface area contributed by atoms with Crippen molar-refractivity contribution in [1.82, 2.24) is 0 Å². The Morgan fingerprint density at radius 1 is 1.15 bits per heavy atom. The smallest absolute Gasteiger partial charge is 0.0408 e. The van der Waals surface area contributed by atoms with E-state index in [1.807, 2.05) is 30.0 Å². The van der Waals surface area contributed by atoms with E-state index in [2.05, 4.69) is 30.3 Å². The number of fused-ring (bicyclic) bond motifs is 1. The number of hydrogen-bond donors (Lipinski definition) is 0.